The Hall–Kier alpha value is -0.600. The molecule has 2 nitrogen and oxygen atoms in total. The normalized spacial score (nSPS) is 36.3. The maximum absolute atomic E-state index is 5.72. The van der Waals surface area contributed by atoms with Gasteiger partial charge in [-0.2, -0.15) is 0 Å². The molecule has 0 aromatic carbocycles. The van der Waals surface area contributed by atoms with Gasteiger partial charge in [-0.15, -0.1) is 0 Å². The second kappa shape index (κ2) is 2.71. The Labute approximate surface area is 72.9 Å². The van der Waals surface area contributed by atoms with Crippen LogP contribution in [-0.4, -0.2) is 25.4 Å². The third-order valence-corrected chi connectivity index (χ3v) is 2.74. The van der Waals surface area contributed by atoms with Crippen molar-refractivity contribution >= 4 is 0 Å². The summed E-state index contributed by atoms with van der Waals surface area (Å²) in [5, 5.41) is 0. The molecule has 2 aliphatic rings. The molecule has 12 heavy (non-hydrogen) atoms. The third-order valence-electron chi connectivity index (χ3n) is 2.74. The van der Waals surface area contributed by atoms with E-state index in [1.165, 1.54) is 0 Å². The van der Waals surface area contributed by atoms with E-state index < -0.39 is 0 Å². The van der Waals surface area contributed by atoms with Crippen LogP contribution in [0.15, 0.2) is 24.3 Å². The molecule has 2 saturated heterocycles. The first kappa shape index (κ1) is 8.02. The highest BCUT2D eigenvalue weighted by Gasteiger charge is 2.41. The van der Waals surface area contributed by atoms with E-state index in [-0.39, 0.29) is 5.60 Å². The van der Waals surface area contributed by atoms with Crippen LogP contribution in [0.25, 0.3) is 0 Å². The Kier molecular flexibility index (Phi) is 1.81. The molecule has 2 aliphatic heterocycles. The Bertz CT molecular complexity index is 224. The zero-order chi connectivity index (χ0) is 8.60. The number of rotatable bonds is 0. The van der Waals surface area contributed by atoms with Crippen LogP contribution >= 0.6 is 0 Å². The predicted octanol–water partition coefficient (Wildman–Crippen LogP) is 1.68. The van der Waals surface area contributed by atoms with E-state index in [0.717, 1.165) is 37.2 Å². The van der Waals surface area contributed by atoms with E-state index in [2.05, 4.69) is 13.2 Å². The molecule has 1 atom stereocenters. The molecule has 0 aliphatic carbocycles. The summed E-state index contributed by atoms with van der Waals surface area (Å²) in [5.74, 6) is 0. The Morgan fingerprint density at radius 1 is 1.25 bits per heavy atom. The molecule has 0 saturated carbocycles. The summed E-state index contributed by atoms with van der Waals surface area (Å²) in [6.45, 7) is 10.2. The molecule has 2 heteroatoms. The third kappa shape index (κ3) is 1.03. The van der Waals surface area contributed by atoms with E-state index >= 15 is 0 Å². The standard InChI is InChI=1S/C10H14O2/c1-8-3-5-12-10(9(8)2)4-6-11-7-10/h1-7H2. The van der Waals surface area contributed by atoms with Crippen molar-refractivity contribution in [1.82, 2.24) is 0 Å². The number of ether oxygens (including phenoxy) is 2. The van der Waals surface area contributed by atoms with Gasteiger partial charge in [0.05, 0.1) is 13.2 Å². The SMILES string of the molecule is C=C1CCOC2(CCOC2)C1=C. The minimum Gasteiger partial charge on any atom is -0.378 e. The summed E-state index contributed by atoms with van der Waals surface area (Å²) in [4.78, 5) is 0. The van der Waals surface area contributed by atoms with Gasteiger partial charge in [0.2, 0.25) is 0 Å². The average molecular weight is 166 g/mol. The highest BCUT2D eigenvalue weighted by Crippen LogP contribution is 2.38. The summed E-state index contributed by atoms with van der Waals surface area (Å²) in [6.07, 6.45) is 1.85. The van der Waals surface area contributed by atoms with Crippen molar-refractivity contribution in [1.29, 1.82) is 0 Å². The van der Waals surface area contributed by atoms with Crippen molar-refractivity contribution in [2.75, 3.05) is 19.8 Å². The molecule has 2 heterocycles. The lowest BCUT2D eigenvalue weighted by atomic mass is 9.85. The Morgan fingerprint density at radius 2 is 2.08 bits per heavy atom. The lowest BCUT2D eigenvalue weighted by Gasteiger charge is -2.35. The van der Waals surface area contributed by atoms with Crippen LogP contribution < -0.4 is 0 Å². The predicted molar refractivity (Wildman–Crippen MR) is 47.0 cm³/mol. The Morgan fingerprint density at radius 3 is 2.75 bits per heavy atom. The molecule has 1 unspecified atom stereocenters. The van der Waals surface area contributed by atoms with Gasteiger partial charge in [-0.05, 0) is 17.6 Å². The van der Waals surface area contributed by atoms with E-state index in [9.17, 15) is 0 Å². The molecule has 2 fully saturated rings. The average Bonchev–Trinajstić information content (AvgIpc) is 2.50. The quantitative estimate of drug-likeness (QED) is 0.545. The van der Waals surface area contributed by atoms with Gasteiger partial charge in [0, 0.05) is 13.0 Å². The van der Waals surface area contributed by atoms with Crippen LogP contribution in [0.3, 0.4) is 0 Å². The van der Waals surface area contributed by atoms with Crippen LogP contribution in [0.5, 0.6) is 0 Å². The first-order valence-electron chi connectivity index (χ1n) is 4.34. The molecule has 0 amide bonds. The Balaban J connectivity index is 2.23. The molecule has 1 spiro atoms. The van der Waals surface area contributed by atoms with Crippen LogP contribution in [0.2, 0.25) is 0 Å². The monoisotopic (exact) mass is 166 g/mol. The lowest BCUT2D eigenvalue weighted by Crippen LogP contribution is -2.39. The number of hydrogen-bond acceptors (Lipinski definition) is 2. The van der Waals surface area contributed by atoms with Gasteiger partial charge in [0.15, 0.2) is 0 Å². The lowest BCUT2D eigenvalue weighted by molar-refractivity contribution is -0.0308. The fourth-order valence-electron chi connectivity index (χ4n) is 1.83. The maximum atomic E-state index is 5.72. The molecule has 0 bridgehead atoms. The van der Waals surface area contributed by atoms with E-state index in [0.29, 0.717) is 6.61 Å². The summed E-state index contributed by atoms with van der Waals surface area (Å²) in [6, 6.07) is 0. The van der Waals surface area contributed by atoms with E-state index in [1.54, 1.807) is 0 Å². The summed E-state index contributed by atoms with van der Waals surface area (Å²) >= 11 is 0. The van der Waals surface area contributed by atoms with Gasteiger partial charge in [-0.1, -0.05) is 13.2 Å². The summed E-state index contributed by atoms with van der Waals surface area (Å²) in [7, 11) is 0. The fourth-order valence-corrected chi connectivity index (χ4v) is 1.83. The topological polar surface area (TPSA) is 18.5 Å². The molecule has 2 rings (SSSR count). The van der Waals surface area contributed by atoms with Crippen LogP contribution in [-0.2, 0) is 9.47 Å². The second-order valence-corrected chi connectivity index (χ2v) is 3.48. The van der Waals surface area contributed by atoms with Gasteiger partial charge in [0.25, 0.3) is 0 Å². The van der Waals surface area contributed by atoms with Gasteiger partial charge in [-0.3, -0.25) is 0 Å². The van der Waals surface area contributed by atoms with Gasteiger partial charge in [-0.25, -0.2) is 0 Å². The first-order chi connectivity index (χ1) is 5.75. The molecule has 0 radical (unpaired) electrons. The van der Waals surface area contributed by atoms with E-state index in [4.69, 9.17) is 9.47 Å². The first-order valence-corrected chi connectivity index (χ1v) is 4.34. The molecule has 0 aromatic heterocycles. The van der Waals surface area contributed by atoms with Crippen molar-refractivity contribution in [3.8, 4) is 0 Å². The molecule has 0 N–H and O–H groups in total. The number of hydrogen-bond donors (Lipinski definition) is 0. The summed E-state index contributed by atoms with van der Waals surface area (Å²) in [5.41, 5.74) is 1.97. The van der Waals surface area contributed by atoms with Gasteiger partial charge < -0.3 is 9.47 Å². The summed E-state index contributed by atoms with van der Waals surface area (Å²) < 4.78 is 11.1. The van der Waals surface area contributed by atoms with Crippen molar-refractivity contribution in [3.05, 3.63) is 24.3 Å². The zero-order valence-electron chi connectivity index (χ0n) is 7.27. The van der Waals surface area contributed by atoms with Crippen molar-refractivity contribution < 1.29 is 9.47 Å². The fraction of sp³-hybridized carbons (Fsp3) is 0.600. The highest BCUT2D eigenvalue weighted by atomic mass is 16.6. The van der Waals surface area contributed by atoms with Gasteiger partial charge in [0.1, 0.15) is 5.60 Å². The van der Waals surface area contributed by atoms with Crippen molar-refractivity contribution in [2.45, 2.75) is 18.4 Å². The minimum absolute atomic E-state index is 0.213. The van der Waals surface area contributed by atoms with Gasteiger partial charge >= 0.3 is 0 Å². The van der Waals surface area contributed by atoms with Crippen LogP contribution in [0.1, 0.15) is 12.8 Å². The zero-order valence-corrected chi connectivity index (χ0v) is 7.27. The van der Waals surface area contributed by atoms with Crippen molar-refractivity contribution in [3.63, 3.8) is 0 Å². The maximum Gasteiger partial charge on any atom is 0.118 e. The molecule has 66 valence electrons. The van der Waals surface area contributed by atoms with E-state index in [1.807, 2.05) is 0 Å². The smallest absolute Gasteiger partial charge is 0.118 e. The molecule has 0 aromatic rings. The largest absolute Gasteiger partial charge is 0.378 e. The van der Waals surface area contributed by atoms with Crippen LogP contribution in [0.4, 0.5) is 0 Å². The van der Waals surface area contributed by atoms with Crippen LogP contribution in [0, 0.1) is 0 Å². The minimum atomic E-state index is -0.213. The van der Waals surface area contributed by atoms with Crippen molar-refractivity contribution in [2.24, 2.45) is 0 Å². The molecular weight excluding hydrogens is 152 g/mol. The highest BCUT2D eigenvalue weighted by molar-refractivity contribution is 5.36. The molecular formula is C10H14O2. The second-order valence-electron chi connectivity index (χ2n) is 3.48.